The fraction of sp³-hybridized carbons (Fsp3) is 0.647. The average molecular weight is 275 g/mol. The highest BCUT2D eigenvalue weighted by molar-refractivity contribution is 5.27. The molecule has 1 fully saturated rings. The molecule has 3 heteroatoms. The number of nitrogens with one attached hydrogen (secondary N) is 1. The van der Waals surface area contributed by atoms with Crippen LogP contribution in [-0.4, -0.2) is 56.1 Å². The van der Waals surface area contributed by atoms with Crippen LogP contribution in [0.5, 0.6) is 0 Å². The molecule has 0 amide bonds. The molecule has 0 spiro atoms. The first kappa shape index (κ1) is 15.5. The molecule has 1 aliphatic rings. The summed E-state index contributed by atoms with van der Waals surface area (Å²) in [7, 11) is 4.48. The summed E-state index contributed by atoms with van der Waals surface area (Å²) in [4.78, 5) is 4.95. The lowest BCUT2D eigenvalue weighted by atomic mass is 9.94. The maximum Gasteiger partial charge on any atom is 0.0490 e. The van der Waals surface area contributed by atoms with Crippen molar-refractivity contribution in [1.29, 1.82) is 0 Å². The molecule has 1 N–H and O–H groups in total. The fourth-order valence-electron chi connectivity index (χ4n) is 3.11. The van der Waals surface area contributed by atoms with Gasteiger partial charge in [-0.2, -0.15) is 0 Å². The number of hydrogen-bond donors (Lipinski definition) is 1. The Morgan fingerprint density at radius 2 is 2.05 bits per heavy atom. The van der Waals surface area contributed by atoms with Gasteiger partial charge in [-0.3, -0.25) is 4.90 Å². The van der Waals surface area contributed by atoms with Crippen molar-refractivity contribution in [3.8, 4) is 0 Å². The van der Waals surface area contributed by atoms with Crippen molar-refractivity contribution in [2.45, 2.75) is 32.4 Å². The van der Waals surface area contributed by atoms with E-state index in [4.69, 9.17) is 0 Å². The molecule has 2 atom stereocenters. The summed E-state index contributed by atoms with van der Waals surface area (Å²) in [5, 5.41) is 3.70. The van der Waals surface area contributed by atoms with E-state index in [0.29, 0.717) is 12.1 Å². The number of aryl methyl sites for hydroxylation is 1. The number of nitrogens with zero attached hydrogens (tertiary/aromatic N) is 2. The molecule has 112 valence electrons. The van der Waals surface area contributed by atoms with Gasteiger partial charge in [0.15, 0.2) is 0 Å². The van der Waals surface area contributed by atoms with Gasteiger partial charge in [-0.05, 0) is 38.2 Å². The maximum atomic E-state index is 3.70. The summed E-state index contributed by atoms with van der Waals surface area (Å²) in [6.07, 6.45) is 1.10. The number of likely N-dealkylation sites (N-methyl/N-ethyl adjacent to an activating group) is 3. The second-order valence-electron chi connectivity index (χ2n) is 5.94. The highest BCUT2D eigenvalue weighted by Gasteiger charge is 2.30. The van der Waals surface area contributed by atoms with Crippen LogP contribution in [0.4, 0.5) is 0 Å². The Hall–Kier alpha value is -0.900. The molecule has 2 rings (SSSR count). The minimum atomic E-state index is 0.416. The third kappa shape index (κ3) is 3.60. The Labute approximate surface area is 124 Å². The van der Waals surface area contributed by atoms with Gasteiger partial charge in [0.1, 0.15) is 0 Å². The Balaban J connectivity index is 2.24. The molecule has 1 aromatic carbocycles. The molecule has 0 aliphatic carbocycles. The van der Waals surface area contributed by atoms with Gasteiger partial charge < -0.3 is 10.2 Å². The second-order valence-corrected chi connectivity index (χ2v) is 5.94. The van der Waals surface area contributed by atoms with Gasteiger partial charge in [0, 0.05) is 31.7 Å². The maximum absolute atomic E-state index is 3.70. The third-order valence-corrected chi connectivity index (χ3v) is 4.43. The molecule has 0 radical (unpaired) electrons. The summed E-state index contributed by atoms with van der Waals surface area (Å²) in [6, 6.07) is 10.0. The van der Waals surface area contributed by atoms with Gasteiger partial charge in [0.25, 0.3) is 0 Å². The van der Waals surface area contributed by atoms with Gasteiger partial charge in [0.2, 0.25) is 0 Å². The molecule has 20 heavy (non-hydrogen) atoms. The second kappa shape index (κ2) is 7.21. The summed E-state index contributed by atoms with van der Waals surface area (Å²) < 4.78 is 0. The number of piperazine rings is 1. The number of hydrogen-bond acceptors (Lipinski definition) is 3. The molecule has 1 aromatic rings. The van der Waals surface area contributed by atoms with Crippen molar-refractivity contribution >= 4 is 0 Å². The van der Waals surface area contributed by atoms with Crippen LogP contribution in [0.3, 0.4) is 0 Å². The average Bonchev–Trinajstić information content (AvgIpc) is 2.47. The van der Waals surface area contributed by atoms with Gasteiger partial charge in [-0.25, -0.2) is 0 Å². The van der Waals surface area contributed by atoms with E-state index < -0.39 is 0 Å². The Bertz CT molecular complexity index is 418. The Morgan fingerprint density at radius 3 is 2.75 bits per heavy atom. The topological polar surface area (TPSA) is 18.5 Å². The van der Waals surface area contributed by atoms with E-state index in [1.807, 2.05) is 0 Å². The predicted octanol–water partition coefficient (Wildman–Crippen LogP) is 2.15. The normalized spacial score (nSPS) is 22.9. The van der Waals surface area contributed by atoms with Crippen LogP contribution in [0, 0.1) is 0 Å². The van der Waals surface area contributed by atoms with E-state index in [0.717, 1.165) is 26.1 Å². The van der Waals surface area contributed by atoms with Gasteiger partial charge in [-0.15, -0.1) is 0 Å². The zero-order valence-electron chi connectivity index (χ0n) is 13.4. The quantitative estimate of drug-likeness (QED) is 0.888. The van der Waals surface area contributed by atoms with E-state index in [-0.39, 0.29) is 0 Å². The lowest BCUT2D eigenvalue weighted by Crippen LogP contribution is -2.55. The third-order valence-electron chi connectivity index (χ3n) is 4.43. The monoisotopic (exact) mass is 275 g/mol. The van der Waals surface area contributed by atoms with Gasteiger partial charge in [0.05, 0.1) is 0 Å². The highest BCUT2D eigenvalue weighted by atomic mass is 15.3. The lowest BCUT2D eigenvalue weighted by Gasteiger charge is -2.42. The Kier molecular flexibility index (Phi) is 5.58. The van der Waals surface area contributed by atoms with Crippen LogP contribution in [0.25, 0.3) is 0 Å². The summed E-state index contributed by atoms with van der Waals surface area (Å²) >= 11 is 0. The van der Waals surface area contributed by atoms with E-state index in [9.17, 15) is 0 Å². The first-order valence-electron chi connectivity index (χ1n) is 7.86. The molecule has 0 aromatic heterocycles. The SMILES string of the molecule is CCNC(c1cccc(CC)c1)C1CN(C)CCN1C. The number of benzene rings is 1. The van der Waals surface area contributed by atoms with Crippen molar-refractivity contribution in [1.82, 2.24) is 15.1 Å². The minimum absolute atomic E-state index is 0.416. The molecule has 2 unspecified atom stereocenters. The zero-order chi connectivity index (χ0) is 14.5. The molecule has 0 bridgehead atoms. The molecule has 1 heterocycles. The minimum Gasteiger partial charge on any atom is -0.309 e. The molecule has 1 saturated heterocycles. The van der Waals surface area contributed by atoms with Crippen molar-refractivity contribution in [3.63, 3.8) is 0 Å². The largest absolute Gasteiger partial charge is 0.309 e. The van der Waals surface area contributed by atoms with Crippen molar-refractivity contribution in [2.24, 2.45) is 0 Å². The molecule has 1 aliphatic heterocycles. The smallest absolute Gasteiger partial charge is 0.0490 e. The van der Waals surface area contributed by atoms with Crippen molar-refractivity contribution in [2.75, 3.05) is 40.3 Å². The summed E-state index contributed by atoms with van der Waals surface area (Å²) in [5.74, 6) is 0. The highest BCUT2D eigenvalue weighted by Crippen LogP contribution is 2.24. The van der Waals surface area contributed by atoms with Crippen LogP contribution in [0.1, 0.15) is 31.0 Å². The standard InChI is InChI=1S/C17H29N3/c1-5-14-8-7-9-15(12-14)17(18-6-2)16-13-19(3)10-11-20(16)4/h7-9,12,16-18H,5-6,10-11,13H2,1-4H3. The van der Waals surface area contributed by atoms with E-state index >= 15 is 0 Å². The van der Waals surface area contributed by atoms with E-state index in [2.05, 4.69) is 67.3 Å². The summed E-state index contributed by atoms with van der Waals surface area (Å²) in [6.45, 7) is 8.88. The van der Waals surface area contributed by atoms with Crippen molar-refractivity contribution < 1.29 is 0 Å². The predicted molar refractivity (Wildman–Crippen MR) is 86.2 cm³/mol. The van der Waals surface area contributed by atoms with Crippen LogP contribution in [0.2, 0.25) is 0 Å². The van der Waals surface area contributed by atoms with Crippen LogP contribution in [-0.2, 0) is 6.42 Å². The number of rotatable bonds is 5. The first-order valence-corrected chi connectivity index (χ1v) is 7.86. The molecule has 3 nitrogen and oxygen atoms in total. The lowest BCUT2D eigenvalue weighted by molar-refractivity contribution is 0.0880. The molecular formula is C17H29N3. The zero-order valence-corrected chi connectivity index (χ0v) is 13.4. The fourth-order valence-corrected chi connectivity index (χ4v) is 3.11. The molecule has 0 saturated carbocycles. The van der Waals surface area contributed by atoms with Crippen molar-refractivity contribution in [3.05, 3.63) is 35.4 Å². The van der Waals surface area contributed by atoms with Crippen LogP contribution >= 0.6 is 0 Å². The van der Waals surface area contributed by atoms with Gasteiger partial charge >= 0.3 is 0 Å². The van der Waals surface area contributed by atoms with Crippen LogP contribution < -0.4 is 5.32 Å². The Morgan fingerprint density at radius 1 is 1.25 bits per heavy atom. The molecular weight excluding hydrogens is 246 g/mol. The summed E-state index contributed by atoms with van der Waals surface area (Å²) in [5.41, 5.74) is 2.86. The first-order chi connectivity index (χ1) is 9.65. The van der Waals surface area contributed by atoms with E-state index in [1.165, 1.54) is 17.7 Å². The van der Waals surface area contributed by atoms with Gasteiger partial charge in [-0.1, -0.05) is 38.1 Å². The van der Waals surface area contributed by atoms with E-state index in [1.54, 1.807) is 0 Å². The van der Waals surface area contributed by atoms with Crippen LogP contribution in [0.15, 0.2) is 24.3 Å².